The van der Waals surface area contributed by atoms with Gasteiger partial charge < -0.3 is 15.4 Å². The summed E-state index contributed by atoms with van der Waals surface area (Å²) in [5.41, 5.74) is -0.902. The van der Waals surface area contributed by atoms with Crippen LogP contribution in [0.4, 0.5) is 4.79 Å². The predicted octanol–water partition coefficient (Wildman–Crippen LogP) is 1.97. The Bertz CT molecular complexity index is 681. The molecule has 3 fully saturated rings. The average molecular weight is 408 g/mol. The molecule has 29 heavy (non-hydrogen) atoms. The lowest BCUT2D eigenvalue weighted by atomic mass is 9.73. The zero-order chi connectivity index (χ0) is 21.2. The largest absolute Gasteiger partial charge is 0.454 e. The van der Waals surface area contributed by atoms with Crippen LogP contribution in [-0.2, 0) is 19.1 Å². The fourth-order valence-corrected chi connectivity index (χ4v) is 4.99. The molecule has 8 heteroatoms. The Balaban J connectivity index is 1.48. The molecule has 0 aromatic rings. The Morgan fingerprint density at radius 2 is 1.90 bits per heavy atom. The molecule has 1 aliphatic heterocycles. The lowest BCUT2D eigenvalue weighted by Gasteiger charge is -2.36. The first kappa shape index (κ1) is 21.6. The predicted molar refractivity (Wildman–Crippen MR) is 106 cm³/mol. The van der Waals surface area contributed by atoms with Crippen molar-refractivity contribution >= 4 is 23.8 Å². The number of ether oxygens (including phenoxy) is 1. The summed E-state index contributed by atoms with van der Waals surface area (Å²) in [5, 5.41) is 5.74. The van der Waals surface area contributed by atoms with Crippen LogP contribution in [0.3, 0.4) is 0 Å². The molecular weight excluding hydrogens is 374 g/mol. The quantitative estimate of drug-likeness (QED) is 0.536. The summed E-state index contributed by atoms with van der Waals surface area (Å²) in [5.74, 6) is -0.512. The maximum atomic E-state index is 12.9. The van der Waals surface area contributed by atoms with Gasteiger partial charge in [-0.3, -0.25) is 19.3 Å². The molecule has 4 amide bonds. The number of hydrogen-bond donors (Lipinski definition) is 2. The van der Waals surface area contributed by atoms with Gasteiger partial charge in [0.25, 0.3) is 11.8 Å². The summed E-state index contributed by atoms with van der Waals surface area (Å²) in [6.45, 7) is 5.39. The molecule has 2 aliphatic carbocycles. The summed E-state index contributed by atoms with van der Waals surface area (Å²) in [6.07, 6.45) is 6.51. The number of nitrogens with zero attached hydrogens (tertiary/aromatic N) is 1. The maximum Gasteiger partial charge on any atom is 0.326 e. The zero-order valence-corrected chi connectivity index (χ0v) is 17.7. The van der Waals surface area contributed by atoms with Crippen LogP contribution in [0.1, 0.15) is 65.7 Å². The third kappa shape index (κ3) is 4.41. The molecule has 2 saturated carbocycles. The second-order valence-electron chi connectivity index (χ2n) is 9.04. The van der Waals surface area contributed by atoms with Gasteiger partial charge in [-0.15, -0.1) is 0 Å². The highest BCUT2D eigenvalue weighted by molar-refractivity contribution is 6.09. The summed E-state index contributed by atoms with van der Waals surface area (Å²) in [6, 6.07) is -0.473. The molecule has 0 radical (unpaired) electrons. The third-order valence-corrected chi connectivity index (χ3v) is 7.21. The van der Waals surface area contributed by atoms with Gasteiger partial charge in [0.1, 0.15) is 12.1 Å². The molecule has 8 nitrogen and oxygen atoms in total. The molecule has 0 aromatic heterocycles. The van der Waals surface area contributed by atoms with Crippen molar-refractivity contribution in [3.05, 3.63) is 0 Å². The van der Waals surface area contributed by atoms with Crippen LogP contribution in [0.5, 0.6) is 0 Å². The first-order valence-electron chi connectivity index (χ1n) is 10.8. The van der Waals surface area contributed by atoms with Gasteiger partial charge in [0.05, 0.1) is 0 Å². The van der Waals surface area contributed by atoms with Crippen LogP contribution >= 0.6 is 0 Å². The lowest BCUT2D eigenvalue weighted by molar-refractivity contribution is -0.151. The van der Waals surface area contributed by atoms with Gasteiger partial charge in [0, 0.05) is 6.04 Å². The second kappa shape index (κ2) is 8.71. The highest BCUT2D eigenvalue weighted by Gasteiger charge is 2.55. The van der Waals surface area contributed by atoms with Crippen molar-refractivity contribution in [2.45, 2.75) is 77.3 Å². The summed E-state index contributed by atoms with van der Waals surface area (Å²) >= 11 is 0. The number of esters is 1. The number of carbonyl (C=O) groups excluding carboxylic acids is 4. The van der Waals surface area contributed by atoms with Gasteiger partial charge in [0.15, 0.2) is 6.61 Å². The molecule has 2 N–H and O–H groups in total. The molecule has 0 aromatic carbocycles. The Kier molecular flexibility index (Phi) is 6.49. The third-order valence-electron chi connectivity index (χ3n) is 7.21. The molecule has 0 unspecified atom stereocenters. The second-order valence-corrected chi connectivity index (χ2v) is 9.04. The van der Waals surface area contributed by atoms with E-state index in [2.05, 4.69) is 24.5 Å². The molecule has 5 atom stereocenters. The highest BCUT2D eigenvalue weighted by Crippen LogP contribution is 2.38. The fraction of sp³-hybridized carbons (Fsp3) is 0.810. The molecule has 0 bridgehead atoms. The van der Waals surface area contributed by atoms with E-state index in [1.54, 1.807) is 0 Å². The zero-order valence-electron chi connectivity index (χ0n) is 17.7. The van der Waals surface area contributed by atoms with Crippen molar-refractivity contribution in [3.8, 4) is 0 Å². The van der Waals surface area contributed by atoms with Crippen molar-refractivity contribution in [1.82, 2.24) is 15.5 Å². The minimum absolute atomic E-state index is 0.0272. The molecule has 3 rings (SSSR count). The minimum Gasteiger partial charge on any atom is -0.454 e. The molecule has 1 spiro atoms. The minimum atomic E-state index is -0.902. The maximum absolute atomic E-state index is 12.9. The highest BCUT2D eigenvalue weighted by atomic mass is 16.5. The number of carbonyl (C=O) groups is 4. The normalized spacial score (nSPS) is 34.8. The number of nitrogens with one attached hydrogen (secondary N) is 2. The number of imide groups is 1. The van der Waals surface area contributed by atoms with Crippen molar-refractivity contribution in [2.24, 2.45) is 17.8 Å². The smallest absolute Gasteiger partial charge is 0.326 e. The van der Waals surface area contributed by atoms with E-state index in [0.29, 0.717) is 18.3 Å². The van der Waals surface area contributed by atoms with E-state index in [4.69, 9.17) is 4.74 Å². The number of urea groups is 1. The van der Waals surface area contributed by atoms with E-state index >= 15 is 0 Å². The Labute approximate surface area is 172 Å². The fourth-order valence-electron chi connectivity index (χ4n) is 4.99. The topological polar surface area (TPSA) is 105 Å². The molecule has 162 valence electrons. The van der Waals surface area contributed by atoms with Crippen LogP contribution in [0, 0.1) is 17.8 Å². The van der Waals surface area contributed by atoms with Crippen molar-refractivity contribution in [2.75, 3.05) is 13.2 Å². The number of rotatable bonds is 5. The van der Waals surface area contributed by atoms with E-state index < -0.39 is 30.7 Å². The summed E-state index contributed by atoms with van der Waals surface area (Å²) < 4.78 is 5.04. The molecule has 1 saturated heterocycles. The molecule has 3 aliphatic rings. The first-order valence-corrected chi connectivity index (χ1v) is 10.8. The van der Waals surface area contributed by atoms with Crippen molar-refractivity contribution in [3.63, 3.8) is 0 Å². The van der Waals surface area contributed by atoms with Crippen molar-refractivity contribution < 1.29 is 23.9 Å². The Morgan fingerprint density at radius 3 is 2.62 bits per heavy atom. The van der Waals surface area contributed by atoms with E-state index in [-0.39, 0.29) is 23.8 Å². The van der Waals surface area contributed by atoms with Gasteiger partial charge in [-0.1, -0.05) is 46.5 Å². The number of hydrogen-bond acceptors (Lipinski definition) is 5. The Morgan fingerprint density at radius 1 is 1.14 bits per heavy atom. The van der Waals surface area contributed by atoms with Crippen LogP contribution in [0.15, 0.2) is 0 Å². The van der Waals surface area contributed by atoms with E-state index in [1.165, 1.54) is 0 Å². The van der Waals surface area contributed by atoms with Crippen molar-refractivity contribution in [1.29, 1.82) is 0 Å². The van der Waals surface area contributed by atoms with Gasteiger partial charge >= 0.3 is 12.0 Å². The lowest BCUT2D eigenvalue weighted by Crippen LogP contribution is -2.54. The van der Waals surface area contributed by atoms with Crippen LogP contribution in [-0.4, -0.2) is 53.4 Å². The van der Waals surface area contributed by atoms with E-state index in [0.717, 1.165) is 43.4 Å². The van der Waals surface area contributed by atoms with Gasteiger partial charge in [-0.05, 0) is 37.0 Å². The van der Waals surface area contributed by atoms with Crippen LogP contribution < -0.4 is 10.6 Å². The monoisotopic (exact) mass is 407 g/mol. The van der Waals surface area contributed by atoms with E-state index in [1.807, 2.05) is 6.92 Å². The van der Waals surface area contributed by atoms with Gasteiger partial charge in [-0.25, -0.2) is 4.79 Å². The Hall–Kier alpha value is -2.12. The standard InChI is InChI=1S/C21H33N3O5/c1-13-7-6-9-16(15(13)3)22-17(25)12-29-18(26)11-24-19(27)21(23-20(24)28)10-5-4-8-14(21)2/h13-16H,4-12H2,1-3H3,(H,22,25)(H,23,28)/t13-,14-,15+,16-,21-/m0/s1. The van der Waals surface area contributed by atoms with Crippen LogP contribution in [0.2, 0.25) is 0 Å². The van der Waals surface area contributed by atoms with E-state index in [9.17, 15) is 19.2 Å². The summed E-state index contributed by atoms with van der Waals surface area (Å²) in [7, 11) is 0. The molecular formula is C21H33N3O5. The average Bonchev–Trinajstić information content (AvgIpc) is 2.91. The molecule has 1 heterocycles. The van der Waals surface area contributed by atoms with Crippen LogP contribution in [0.25, 0.3) is 0 Å². The van der Waals surface area contributed by atoms with Gasteiger partial charge in [-0.2, -0.15) is 0 Å². The number of amides is 4. The first-order chi connectivity index (χ1) is 13.7. The van der Waals surface area contributed by atoms with Gasteiger partial charge in [0.2, 0.25) is 0 Å². The SMILES string of the molecule is C[C@H]1[C@@H](NC(=O)COC(=O)CN2C(=O)N[C@]3(CCCC[C@@H]3C)C2=O)CCC[C@@H]1C. The summed E-state index contributed by atoms with van der Waals surface area (Å²) in [4.78, 5) is 50.4.